The molecular formula is C13H19N5OS. The third kappa shape index (κ3) is 4.14. The number of rotatable bonds is 7. The predicted octanol–water partition coefficient (Wildman–Crippen LogP) is 2.08. The van der Waals surface area contributed by atoms with Gasteiger partial charge in [0.15, 0.2) is 5.82 Å². The van der Waals surface area contributed by atoms with Gasteiger partial charge in [-0.2, -0.15) is 0 Å². The minimum absolute atomic E-state index is 0.399. The molecule has 0 aromatic carbocycles. The number of ether oxygens (including phenoxy) is 1. The summed E-state index contributed by atoms with van der Waals surface area (Å²) in [4.78, 5) is 13.2. The summed E-state index contributed by atoms with van der Waals surface area (Å²) in [6.45, 7) is 3.20. The Morgan fingerprint density at radius 1 is 1.25 bits per heavy atom. The van der Waals surface area contributed by atoms with Gasteiger partial charge < -0.3 is 15.4 Å². The van der Waals surface area contributed by atoms with E-state index in [1.54, 1.807) is 18.4 Å². The Bertz CT molecular complexity index is 557. The molecule has 0 spiro atoms. The van der Waals surface area contributed by atoms with Gasteiger partial charge in [-0.25, -0.2) is 15.0 Å². The van der Waals surface area contributed by atoms with Gasteiger partial charge in [0.05, 0.1) is 5.01 Å². The molecule has 108 valence electrons. The van der Waals surface area contributed by atoms with Gasteiger partial charge in [0.25, 0.3) is 0 Å². The highest BCUT2D eigenvalue weighted by atomic mass is 32.1. The fraction of sp³-hybridized carbons (Fsp3) is 0.462. The van der Waals surface area contributed by atoms with Crippen molar-refractivity contribution in [3.8, 4) is 0 Å². The minimum Gasteiger partial charge on any atom is -0.377 e. The van der Waals surface area contributed by atoms with E-state index in [9.17, 15) is 0 Å². The number of aromatic nitrogens is 3. The predicted molar refractivity (Wildman–Crippen MR) is 81.3 cm³/mol. The molecule has 0 saturated carbocycles. The van der Waals surface area contributed by atoms with Crippen molar-refractivity contribution in [3.05, 3.63) is 28.0 Å². The summed E-state index contributed by atoms with van der Waals surface area (Å²) in [5.74, 6) is 2.23. The molecule has 6 nitrogen and oxygen atoms in total. The molecule has 2 rings (SSSR count). The summed E-state index contributed by atoms with van der Waals surface area (Å²) in [6, 6.07) is 1.88. The molecule has 2 heterocycles. The summed E-state index contributed by atoms with van der Waals surface area (Å²) >= 11 is 1.69. The van der Waals surface area contributed by atoms with Gasteiger partial charge in [-0.1, -0.05) is 0 Å². The zero-order valence-corrected chi connectivity index (χ0v) is 12.8. The van der Waals surface area contributed by atoms with Crippen molar-refractivity contribution in [1.29, 1.82) is 0 Å². The normalized spacial score (nSPS) is 10.6. The largest absolute Gasteiger partial charge is 0.377 e. The van der Waals surface area contributed by atoms with E-state index in [0.29, 0.717) is 12.4 Å². The van der Waals surface area contributed by atoms with Crippen molar-refractivity contribution < 1.29 is 4.74 Å². The van der Waals surface area contributed by atoms with Crippen LogP contribution in [0.25, 0.3) is 0 Å². The topological polar surface area (TPSA) is 72.0 Å². The quantitative estimate of drug-likeness (QED) is 0.814. The van der Waals surface area contributed by atoms with E-state index in [1.165, 1.54) is 0 Å². The second kappa shape index (κ2) is 7.16. The number of hydrogen-bond donors (Lipinski definition) is 2. The molecule has 2 N–H and O–H groups in total. The number of nitrogens with one attached hydrogen (secondary N) is 2. The van der Waals surface area contributed by atoms with Gasteiger partial charge >= 0.3 is 0 Å². The fourth-order valence-corrected chi connectivity index (χ4v) is 2.50. The van der Waals surface area contributed by atoms with E-state index in [2.05, 4.69) is 31.0 Å². The van der Waals surface area contributed by atoms with Crippen LogP contribution in [0.2, 0.25) is 0 Å². The van der Waals surface area contributed by atoms with Crippen molar-refractivity contribution in [3.63, 3.8) is 0 Å². The first-order chi connectivity index (χ1) is 9.71. The second-order valence-corrected chi connectivity index (χ2v) is 5.24. The van der Waals surface area contributed by atoms with Crippen LogP contribution in [0.3, 0.4) is 0 Å². The van der Waals surface area contributed by atoms with E-state index in [1.807, 2.05) is 20.0 Å². The average Bonchev–Trinajstić information content (AvgIpc) is 2.84. The highest BCUT2D eigenvalue weighted by Gasteiger charge is 2.04. The van der Waals surface area contributed by atoms with Gasteiger partial charge in [-0.05, 0) is 6.92 Å². The molecule has 0 fully saturated rings. The maximum atomic E-state index is 5.07. The molecule has 0 amide bonds. The summed E-state index contributed by atoms with van der Waals surface area (Å²) in [5, 5.41) is 9.52. The summed E-state index contributed by atoms with van der Waals surface area (Å²) in [5.41, 5.74) is 1.08. The standard InChI is InChI=1S/C13H19N5OS/c1-9-8-20-13(16-9)4-5-15-11-6-10(14-2)17-12(18-11)7-19-3/h6,8H,4-5,7H2,1-3H3,(H2,14,15,17,18). The average molecular weight is 293 g/mol. The van der Waals surface area contributed by atoms with Gasteiger partial charge in [-0.3, -0.25) is 0 Å². The molecular weight excluding hydrogens is 274 g/mol. The lowest BCUT2D eigenvalue weighted by molar-refractivity contribution is 0.178. The molecule has 0 aliphatic rings. The van der Waals surface area contributed by atoms with Crippen LogP contribution < -0.4 is 10.6 Å². The third-order valence-corrected chi connectivity index (χ3v) is 3.64. The molecule has 0 saturated heterocycles. The van der Waals surface area contributed by atoms with E-state index >= 15 is 0 Å². The lowest BCUT2D eigenvalue weighted by atomic mass is 10.4. The van der Waals surface area contributed by atoms with Crippen molar-refractivity contribution in [2.75, 3.05) is 31.3 Å². The molecule has 2 aromatic heterocycles. The van der Waals surface area contributed by atoms with Crippen LogP contribution >= 0.6 is 11.3 Å². The van der Waals surface area contributed by atoms with Crippen LogP contribution in [-0.4, -0.2) is 35.7 Å². The number of nitrogens with zero attached hydrogens (tertiary/aromatic N) is 3. The number of anilines is 2. The minimum atomic E-state index is 0.399. The van der Waals surface area contributed by atoms with Crippen LogP contribution in [0.4, 0.5) is 11.6 Å². The Kier molecular flexibility index (Phi) is 5.25. The lowest BCUT2D eigenvalue weighted by Gasteiger charge is -2.09. The lowest BCUT2D eigenvalue weighted by Crippen LogP contribution is -2.09. The zero-order chi connectivity index (χ0) is 14.4. The van der Waals surface area contributed by atoms with Crippen molar-refractivity contribution in [2.24, 2.45) is 0 Å². The van der Waals surface area contributed by atoms with Crippen LogP contribution in [0.15, 0.2) is 11.4 Å². The molecule has 0 radical (unpaired) electrons. The van der Waals surface area contributed by atoms with E-state index in [0.717, 1.165) is 35.3 Å². The van der Waals surface area contributed by atoms with Crippen LogP contribution in [0, 0.1) is 6.92 Å². The molecule has 0 aliphatic heterocycles. The third-order valence-electron chi connectivity index (χ3n) is 2.61. The number of methoxy groups -OCH3 is 1. The molecule has 0 aliphatic carbocycles. The maximum absolute atomic E-state index is 5.07. The molecule has 0 atom stereocenters. The first kappa shape index (κ1) is 14.7. The van der Waals surface area contributed by atoms with Crippen molar-refractivity contribution >= 4 is 23.0 Å². The van der Waals surface area contributed by atoms with E-state index < -0.39 is 0 Å². The Balaban J connectivity index is 1.95. The SMILES string of the molecule is CNc1cc(NCCc2nc(C)cs2)nc(COC)n1. The van der Waals surface area contributed by atoms with Crippen LogP contribution in [0.5, 0.6) is 0 Å². The molecule has 7 heteroatoms. The van der Waals surface area contributed by atoms with Gasteiger partial charge in [0.2, 0.25) is 0 Å². The Labute approximate surface area is 122 Å². The van der Waals surface area contributed by atoms with Gasteiger partial charge in [0, 0.05) is 44.3 Å². The van der Waals surface area contributed by atoms with Gasteiger partial charge in [0.1, 0.15) is 18.2 Å². The van der Waals surface area contributed by atoms with Crippen LogP contribution in [-0.2, 0) is 17.8 Å². The number of aryl methyl sites for hydroxylation is 1. The summed E-state index contributed by atoms with van der Waals surface area (Å²) < 4.78 is 5.07. The first-order valence-electron chi connectivity index (χ1n) is 6.41. The van der Waals surface area contributed by atoms with Crippen molar-refractivity contribution in [2.45, 2.75) is 20.0 Å². The zero-order valence-electron chi connectivity index (χ0n) is 11.9. The van der Waals surface area contributed by atoms with Gasteiger partial charge in [-0.15, -0.1) is 11.3 Å². The fourth-order valence-electron chi connectivity index (χ4n) is 1.72. The van der Waals surface area contributed by atoms with Crippen molar-refractivity contribution in [1.82, 2.24) is 15.0 Å². The van der Waals surface area contributed by atoms with Crippen LogP contribution in [0.1, 0.15) is 16.5 Å². The smallest absolute Gasteiger partial charge is 0.158 e. The molecule has 0 bridgehead atoms. The number of hydrogen-bond acceptors (Lipinski definition) is 7. The maximum Gasteiger partial charge on any atom is 0.158 e. The van der Waals surface area contributed by atoms with E-state index in [-0.39, 0.29) is 0 Å². The second-order valence-electron chi connectivity index (χ2n) is 4.30. The monoisotopic (exact) mass is 293 g/mol. The number of thiazole rings is 1. The summed E-state index contributed by atoms with van der Waals surface area (Å²) in [7, 11) is 3.47. The Morgan fingerprint density at radius 3 is 2.70 bits per heavy atom. The molecule has 2 aromatic rings. The Hall–Kier alpha value is -1.73. The first-order valence-corrected chi connectivity index (χ1v) is 7.28. The Morgan fingerprint density at radius 2 is 2.05 bits per heavy atom. The molecule has 20 heavy (non-hydrogen) atoms. The highest BCUT2D eigenvalue weighted by Crippen LogP contribution is 2.13. The van der Waals surface area contributed by atoms with E-state index in [4.69, 9.17) is 4.74 Å². The summed E-state index contributed by atoms with van der Waals surface area (Å²) in [6.07, 6.45) is 0.886. The highest BCUT2D eigenvalue weighted by molar-refractivity contribution is 7.09. The molecule has 0 unspecified atom stereocenters.